The minimum Gasteiger partial charge on any atom is -0.399 e. The first-order valence-electron chi connectivity index (χ1n) is 6.50. The molecule has 0 radical (unpaired) electrons. The Balaban J connectivity index is 2.33. The maximum absolute atomic E-state index is 13.8. The van der Waals surface area contributed by atoms with Crippen molar-refractivity contribution < 1.29 is 17.9 Å². The molecule has 7 heteroatoms. The molecular formula is C13H19FN2O3S. The summed E-state index contributed by atoms with van der Waals surface area (Å²) in [5.74, 6) is -0.810. The van der Waals surface area contributed by atoms with Gasteiger partial charge in [-0.2, -0.15) is 4.31 Å². The van der Waals surface area contributed by atoms with E-state index in [4.69, 9.17) is 5.73 Å². The third kappa shape index (κ3) is 3.11. The SMILES string of the molecule is CC1(O)CCCN(S(=O)(=O)c2cc(N)ccc2F)CC1. The number of nitrogens with zero attached hydrogens (tertiary/aromatic N) is 1. The van der Waals surface area contributed by atoms with Gasteiger partial charge >= 0.3 is 0 Å². The fourth-order valence-electron chi connectivity index (χ4n) is 2.34. The fourth-order valence-corrected chi connectivity index (χ4v) is 3.91. The van der Waals surface area contributed by atoms with Gasteiger partial charge in [0, 0.05) is 18.8 Å². The Bertz CT molecular complexity index is 602. The first-order valence-corrected chi connectivity index (χ1v) is 7.94. The topological polar surface area (TPSA) is 83.6 Å². The Morgan fingerprint density at radius 2 is 2.05 bits per heavy atom. The Hall–Kier alpha value is -1.18. The van der Waals surface area contributed by atoms with E-state index < -0.39 is 26.3 Å². The molecule has 1 aliphatic rings. The lowest BCUT2D eigenvalue weighted by Crippen LogP contribution is -2.34. The third-order valence-electron chi connectivity index (χ3n) is 3.60. The van der Waals surface area contributed by atoms with E-state index in [1.54, 1.807) is 6.92 Å². The summed E-state index contributed by atoms with van der Waals surface area (Å²) in [7, 11) is -3.92. The van der Waals surface area contributed by atoms with Crippen LogP contribution in [0.15, 0.2) is 23.1 Å². The van der Waals surface area contributed by atoms with Crippen molar-refractivity contribution >= 4 is 15.7 Å². The van der Waals surface area contributed by atoms with Crippen LogP contribution in [0.4, 0.5) is 10.1 Å². The highest BCUT2D eigenvalue weighted by atomic mass is 32.2. The molecule has 5 nitrogen and oxygen atoms in total. The van der Waals surface area contributed by atoms with Crippen LogP contribution in [-0.4, -0.2) is 36.5 Å². The van der Waals surface area contributed by atoms with Gasteiger partial charge in [0.05, 0.1) is 5.60 Å². The first kappa shape index (κ1) is 15.2. The van der Waals surface area contributed by atoms with Gasteiger partial charge in [0.25, 0.3) is 0 Å². The highest BCUT2D eigenvalue weighted by molar-refractivity contribution is 7.89. The second-order valence-corrected chi connectivity index (χ2v) is 7.35. The van der Waals surface area contributed by atoms with Crippen LogP contribution in [0.1, 0.15) is 26.2 Å². The lowest BCUT2D eigenvalue weighted by atomic mass is 9.98. The van der Waals surface area contributed by atoms with Crippen LogP contribution in [-0.2, 0) is 10.0 Å². The smallest absolute Gasteiger partial charge is 0.246 e. The van der Waals surface area contributed by atoms with Gasteiger partial charge in [-0.25, -0.2) is 12.8 Å². The maximum Gasteiger partial charge on any atom is 0.246 e. The van der Waals surface area contributed by atoms with Gasteiger partial charge in [-0.15, -0.1) is 0 Å². The van der Waals surface area contributed by atoms with Crippen LogP contribution >= 0.6 is 0 Å². The van der Waals surface area contributed by atoms with Crippen molar-refractivity contribution in [2.45, 2.75) is 36.7 Å². The Kier molecular flexibility index (Phi) is 4.04. The summed E-state index contributed by atoms with van der Waals surface area (Å²) < 4.78 is 39.9. The molecule has 1 aliphatic heterocycles. The summed E-state index contributed by atoms with van der Waals surface area (Å²) in [6.07, 6.45) is 1.39. The number of aliphatic hydroxyl groups is 1. The van der Waals surface area contributed by atoms with Crippen LogP contribution in [0.25, 0.3) is 0 Å². The van der Waals surface area contributed by atoms with Crippen LogP contribution in [0.5, 0.6) is 0 Å². The van der Waals surface area contributed by atoms with Crippen LogP contribution in [0, 0.1) is 5.82 Å². The largest absolute Gasteiger partial charge is 0.399 e. The fraction of sp³-hybridized carbons (Fsp3) is 0.538. The number of hydrogen-bond donors (Lipinski definition) is 2. The number of hydrogen-bond acceptors (Lipinski definition) is 4. The molecular weight excluding hydrogens is 283 g/mol. The van der Waals surface area contributed by atoms with E-state index in [9.17, 15) is 17.9 Å². The van der Waals surface area contributed by atoms with Crippen molar-refractivity contribution in [1.29, 1.82) is 0 Å². The normalized spacial score (nSPS) is 25.4. The molecule has 1 unspecified atom stereocenters. The van der Waals surface area contributed by atoms with Crippen molar-refractivity contribution in [2.75, 3.05) is 18.8 Å². The molecule has 0 bridgehead atoms. The van der Waals surface area contributed by atoms with Gasteiger partial charge in [-0.1, -0.05) is 0 Å². The molecule has 1 atom stereocenters. The molecule has 1 saturated heterocycles. The quantitative estimate of drug-likeness (QED) is 0.807. The van der Waals surface area contributed by atoms with Gasteiger partial charge in [0.15, 0.2) is 0 Å². The van der Waals surface area contributed by atoms with Crippen molar-refractivity contribution in [3.63, 3.8) is 0 Å². The molecule has 0 aromatic heterocycles. The molecule has 0 aliphatic carbocycles. The zero-order valence-electron chi connectivity index (χ0n) is 11.3. The van der Waals surface area contributed by atoms with E-state index in [1.165, 1.54) is 10.4 Å². The van der Waals surface area contributed by atoms with Crippen LogP contribution in [0.2, 0.25) is 0 Å². The Morgan fingerprint density at radius 1 is 1.35 bits per heavy atom. The van der Waals surface area contributed by atoms with Crippen molar-refractivity contribution in [2.24, 2.45) is 0 Å². The standard InChI is InChI=1S/C13H19FN2O3S/c1-13(17)5-2-7-16(8-6-13)20(18,19)12-9-10(15)3-4-11(12)14/h3-4,9,17H,2,5-8,15H2,1H3. The lowest BCUT2D eigenvalue weighted by Gasteiger charge is -2.22. The van der Waals surface area contributed by atoms with E-state index >= 15 is 0 Å². The molecule has 1 aromatic rings. The highest BCUT2D eigenvalue weighted by Gasteiger charge is 2.32. The predicted octanol–water partition coefficient (Wildman–Crippen LogP) is 1.33. The number of nitrogen functional groups attached to an aromatic ring is 1. The maximum atomic E-state index is 13.8. The van der Waals surface area contributed by atoms with E-state index in [2.05, 4.69) is 0 Å². The average Bonchev–Trinajstić information content (AvgIpc) is 2.53. The van der Waals surface area contributed by atoms with Gasteiger partial charge in [-0.05, 0) is 44.4 Å². The zero-order chi connectivity index (χ0) is 15.0. The molecule has 2 rings (SSSR count). The third-order valence-corrected chi connectivity index (χ3v) is 5.51. The Labute approximate surface area is 118 Å². The summed E-state index contributed by atoms with van der Waals surface area (Å²) in [6.45, 7) is 2.13. The predicted molar refractivity (Wildman–Crippen MR) is 74.0 cm³/mol. The minimum atomic E-state index is -3.92. The van der Waals surface area contributed by atoms with Crippen molar-refractivity contribution in [3.8, 4) is 0 Å². The number of benzene rings is 1. The summed E-state index contributed by atoms with van der Waals surface area (Å²) in [5, 5.41) is 9.99. The van der Waals surface area contributed by atoms with Crippen molar-refractivity contribution in [3.05, 3.63) is 24.0 Å². The molecule has 20 heavy (non-hydrogen) atoms. The second kappa shape index (κ2) is 5.31. The molecule has 0 amide bonds. The van der Waals surface area contributed by atoms with E-state index in [0.29, 0.717) is 19.3 Å². The molecule has 3 N–H and O–H groups in total. The zero-order valence-corrected chi connectivity index (χ0v) is 12.2. The summed E-state index contributed by atoms with van der Waals surface area (Å²) in [5.41, 5.74) is 4.86. The van der Waals surface area contributed by atoms with E-state index in [1.807, 2.05) is 0 Å². The summed E-state index contributed by atoms with van der Waals surface area (Å²) in [6, 6.07) is 3.51. The van der Waals surface area contributed by atoms with Crippen LogP contribution < -0.4 is 5.73 Å². The monoisotopic (exact) mass is 302 g/mol. The minimum absolute atomic E-state index is 0.170. The van der Waals surface area contributed by atoms with Gasteiger partial charge in [0.1, 0.15) is 10.7 Å². The van der Waals surface area contributed by atoms with E-state index in [-0.39, 0.29) is 18.8 Å². The first-order chi connectivity index (χ1) is 9.22. The van der Waals surface area contributed by atoms with Crippen LogP contribution in [0.3, 0.4) is 0 Å². The molecule has 1 aromatic carbocycles. The lowest BCUT2D eigenvalue weighted by molar-refractivity contribution is 0.0465. The Morgan fingerprint density at radius 3 is 2.75 bits per heavy atom. The average molecular weight is 302 g/mol. The summed E-state index contributed by atoms with van der Waals surface area (Å²) >= 11 is 0. The molecule has 0 spiro atoms. The summed E-state index contributed by atoms with van der Waals surface area (Å²) in [4.78, 5) is -0.404. The second-order valence-electron chi connectivity index (χ2n) is 5.44. The van der Waals surface area contributed by atoms with Crippen molar-refractivity contribution in [1.82, 2.24) is 4.31 Å². The number of anilines is 1. The number of rotatable bonds is 2. The number of nitrogens with two attached hydrogens (primary N) is 1. The van der Waals surface area contributed by atoms with E-state index in [0.717, 1.165) is 12.1 Å². The molecule has 1 heterocycles. The van der Waals surface area contributed by atoms with Gasteiger partial charge in [-0.3, -0.25) is 0 Å². The molecule has 0 saturated carbocycles. The highest BCUT2D eigenvalue weighted by Crippen LogP contribution is 2.27. The number of sulfonamides is 1. The molecule has 1 fully saturated rings. The van der Waals surface area contributed by atoms with Gasteiger partial charge < -0.3 is 10.8 Å². The number of halogens is 1. The molecule has 112 valence electrons. The van der Waals surface area contributed by atoms with Gasteiger partial charge in [0.2, 0.25) is 10.0 Å².